The van der Waals surface area contributed by atoms with Gasteiger partial charge in [0.05, 0.1) is 20.3 Å². The zero-order valence-electron chi connectivity index (χ0n) is 19.4. The van der Waals surface area contributed by atoms with Crippen LogP contribution in [0.5, 0.6) is 17.2 Å². The SMILES string of the molecule is CC/C=C/CCOc1c(OC)c(=O)oc2cccc(OCCCCCCCCCC)c12. The van der Waals surface area contributed by atoms with Crippen molar-refractivity contribution in [2.24, 2.45) is 0 Å². The summed E-state index contributed by atoms with van der Waals surface area (Å²) < 4.78 is 22.8. The number of hydrogen-bond donors (Lipinski definition) is 0. The van der Waals surface area contributed by atoms with E-state index in [0.29, 0.717) is 35.7 Å². The lowest BCUT2D eigenvalue weighted by atomic mass is 10.1. The molecule has 1 heterocycles. The molecule has 0 aliphatic rings. The third kappa shape index (κ3) is 7.97. The molecule has 0 radical (unpaired) electrons. The van der Waals surface area contributed by atoms with Gasteiger partial charge in [0, 0.05) is 0 Å². The standard InChI is InChI=1S/C26H38O5/c1-4-6-8-10-11-12-13-15-19-29-21-17-16-18-22-23(21)24(25(28-3)26(27)31-22)30-20-14-9-7-5-2/h7,9,16-18H,4-6,8,10-15,19-20H2,1-3H3/b9-7+. The molecule has 0 aliphatic carbocycles. The fourth-order valence-corrected chi connectivity index (χ4v) is 3.54. The minimum absolute atomic E-state index is 0.0788. The molecule has 0 unspecified atom stereocenters. The van der Waals surface area contributed by atoms with Crippen molar-refractivity contribution in [1.82, 2.24) is 0 Å². The van der Waals surface area contributed by atoms with E-state index >= 15 is 0 Å². The van der Waals surface area contributed by atoms with Gasteiger partial charge in [0.15, 0.2) is 5.75 Å². The molecule has 172 valence electrons. The van der Waals surface area contributed by atoms with Crippen molar-refractivity contribution in [3.8, 4) is 17.2 Å². The number of hydrogen-bond acceptors (Lipinski definition) is 5. The van der Waals surface area contributed by atoms with Crippen LogP contribution in [-0.2, 0) is 0 Å². The Labute approximate surface area is 186 Å². The average Bonchev–Trinajstić information content (AvgIpc) is 2.77. The molecule has 5 heteroatoms. The van der Waals surface area contributed by atoms with E-state index in [1.807, 2.05) is 12.1 Å². The van der Waals surface area contributed by atoms with Gasteiger partial charge in [-0.3, -0.25) is 0 Å². The predicted molar refractivity (Wildman–Crippen MR) is 127 cm³/mol. The van der Waals surface area contributed by atoms with Gasteiger partial charge in [0.2, 0.25) is 5.75 Å². The number of unbranched alkanes of at least 4 members (excludes halogenated alkanes) is 7. The molecule has 0 fully saturated rings. The summed E-state index contributed by atoms with van der Waals surface area (Å²) in [7, 11) is 1.45. The first-order valence-electron chi connectivity index (χ1n) is 11.8. The Bertz CT molecular complexity index is 853. The van der Waals surface area contributed by atoms with Gasteiger partial charge < -0.3 is 18.6 Å². The Hall–Kier alpha value is -2.43. The Balaban J connectivity index is 2.05. The zero-order valence-corrected chi connectivity index (χ0v) is 19.4. The van der Waals surface area contributed by atoms with Crippen molar-refractivity contribution in [3.05, 3.63) is 40.8 Å². The second kappa shape index (κ2) is 14.6. The van der Waals surface area contributed by atoms with Crippen molar-refractivity contribution in [3.63, 3.8) is 0 Å². The zero-order chi connectivity index (χ0) is 22.3. The molecule has 0 atom stereocenters. The second-order valence-electron chi connectivity index (χ2n) is 7.72. The van der Waals surface area contributed by atoms with Crippen LogP contribution < -0.4 is 19.8 Å². The van der Waals surface area contributed by atoms with E-state index in [1.165, 1.54) is 45.6 Å². The maximum atomic E-state index is 12.3. The van der Waals surface area contributed by atoms with Gasteiger partial charge >= 0.3 is 5.63 Å². The third-order valence-corrected chi connectivity index (χ3v) is 5.20. The largest absolute Gasteiger partial charge is 0.493 e. The number of methoxy groups -OCH3 is 1. The second-order valence-corrected chi connectivity index (χ2v) is 7.72. The van der Waals surface area contributed by atoms with Gasteiger partial charge in [0.1, 0.15) is 16.7 Å². The Morgan fingerprint density at radius 2 is 1.61 bits per heavy atom. The summed E-state index contributed by atoms with van der Waals surface area (Å²) in [6, 6.07) is 5.47. The first-order chi connectivity index (χ1) is 15.2. The van der Waals surface area contributed by atoms with Crippen LogP contribution in [0, 0.1) is 0 Å². The Morgan fingerprint density at radius 3 is 2.32 bits per heavy atom. The van der Waals surface area contributed by atoms with Gasteiger partial charge in [-0.05, 0) is 31.4 Å². The molecule has 2 aromatic rings. The monoisotopic (exact) mass is 430 g/mol. The highest BCUT2D eigenvalue weighted by atomic mass is 16.5. The van der Waals surface area contributed by atoms with Crippen LogP contribution >= 0.6 is 0 Å². The van der Waals surface area contributed by atoms with Gasteiger partial charge in [-0.25, -0.2) is 4.79 Å². The highest BCUT2D eigenvalue weighted by molar-refractivity contribution is 5.91. The van der Waals surface area contributed by atoms with E-state index in [2.05, 4.69) is 26.0 Å². The summed E-state index contributed by atoms with van der Waals surface area (Å²) in [6.07, 6.45) is 15.9. The quantitative estimate of drug-likeness (QED) is 0.162. The molecular formula is C26H38O5. The topological polar surface area (TPSA) is 57.9 Å². The number of benzene rings is 1. The first-order valence-corrected chi connectivity index (χ1v) is 11.8. The maximum Gasteiger partial charge on any atom is 0.383 e. The summed E-state index contributed by atoms with van der Waals surface area (Å²) in [6.45, 7) is 5.39. The predicted octanol–water partition coefficient (Wildman–Crippen LogP) is 7.06. The molecule has 0 amide bonds. The molecule has 5 nitrogen and oxygen atoms in total. The summed E-state index contributed by atoms with van der Waals surface area (Å²) in [5.41, 5.74) is -0.104. The normalized spacial score (nSPS) is 11.3. The molecule has 0 spiro atoms. The molecule has 0 saturated heterocycles. The van der Waals surface area contributed by atoms with Crippen LogP contribution in [0.1, 0.15) is 78.1 Å². The molecule has 1 aromatic heterocycles. The smallest absolute Gasteiger partial charge is 0.383 e. The van der Waals surface area contributed by atoms with E-state index in [-0.39, 0.29) is 5.75 Å². The van der Waals surface area contributed by atoms with E-state index in [1.54, 1.807) is 6.07 Å². The van der Waals surface area contributed by atoms with Gasteiger partial charge in [-0.15, -0.1) is 0 Å². The third-order valence-electron chi connectivity index (χ3n) is 5.20. The summed E-state index contributed by atoms with van der Waals surface area (Å²) in [4.78, 5) is 12.3. The summed E-state index contributed by atoms with van der Waals surface area (Å²) in [5, 5.41) is 0.651. The van der Waals surface area contributed by atoms with E-state index in [0.717, 1.165) is 25.7 Å². The van der Waals surface area contributed by atoms with Crippen LogP contribution in [0.3, 0.4) is 0 Å². The van der Waals surface area contributed by atoms with Crippen molar-refractivity contribution in [2.45, 2.75) is 78.1 Å². The molecule has 0 N–H and O–H groups in total. The van der Waals surface area contributed by atoms with Crippen molar-refractivity contribution in [2.75, 3.05) is 20.3 Å². The van der Waals surface area contributed by atoms with Gasteiger partial charge in [-0.2, -0.15) is 0 Å². The summed E-state index contributed by atoms with van der Waals surface area (Å²) in [5.74, 6) is 1.13. The van der Waals surface area contributed by atoms with E-state index < -0.39 is 5.63 Å². The van der Waals surface area contributed by atoms with Crippen molar-refractivity contribution >= 4 is 11.0 Å². The molecular weight excluding hydrogens is 392 g/mol. The van der Waals surface area contributed by atoms with Gasteiger partial charge in [-0.1, -0.05) is 77.0 Å². The number of allylic oxidation sites excluding steroid dienone is 1. The molecule has 31 heavy (non-hydrogen) atoms. The lowest BCUT2D eigenvalue weighted by molar-refractivity contribution is 0.286. The fraction of sp³-hybridized carbons (Fsp3) is 0.577. The van der Waals surface area contributed by atoms with E-state index in [9.17, 15) is 4.79 Å². The van der Waals surface area contributed by atoms with Crippen LogP contribution in [0.2, 0.25) is 0 Å². The number of ether oxygens (including phenoxy) is 3. The maximum absolute atomic E-state index is 12.3. The first kappa shape index (κ1) is 24.8. The minimum Gasteiger partial charge on any atom is -0.493 e. The Morgan fingerprint density at radius 1 is 0.871 bits per heavy atom. The highest BCUT2D eigenvalue weighted by Crippen LogP contribution is 2.39. The van der Waals surface area contributed by atoms with E-state index in [4.69, 9.17) is 18.6 Å². The lowest BCUT2D eigenvalue weighted by Gasteiger charge is -2.15. The van der Waals surface area contributed by atoms with Crippen LogP contribution in [0.15, 0.2) is 39.6 Å². The van der Waals surface area contributed by atoms with Crippen molar-refractivity contribution < 1.29 is 18.6 Å². The fourth-order valence-electron chi connectivity index (χ4n) is 3.54. The van der Waals surface area contributed by atoms with Crippen LogP contribution in [-0.4, -0.2) is 20.3 Å². The number of fused-ring (bicyclic) bond motifs is 1. The molecule has 1 aromatic carbocycles. The van der Waals surface area contributed by atoms with Gasteiger partial charge in [0.25, 0.3) is 0 Å². The molecule has 2 rings (SSSR count). The highest BCUT2D eigenvalue weighted by Gasteiger charge is 2.20. The lowest BCUT2D eigenvalue weighted by Crippen LogP contribution is -2.09. The molecule has 0 aliphatic heterocycles. The Kier molecular flexibility index (Phi) is 11.7. The average molecular weight is 431 g/mol. The molecule has 0 saturated carbocycles. The molecule has 0 bridgehead atoms. The van der Waals surface area contributed by atoms with Crippen molar-refractivity contribution in [1.29, 1.82) is 0 Å². The number of rotatable bonds is 16. The van der Waals surface area contributed by atoms with Crippen LogP contribution in [0.4, 0.5) is 0 Å². The summed E-state index contributed by atoms with van der Waals surface area (Å²) >= 11 is 0. The van der Waals surface area contributed by atoms with Crippen LogP contribution in [0.25, 0.3) is 11.0 Å². The minimum atomic E-state index is -0.547.